The standard InChI is InChI=1S/C18H26O7S/c1-3-5-6-11-17(19)24-14(4-2)12-13-18(20)25-15-9-7-8-10-16(15)26(21,22)23/h7-10,14H,3-6,11-13H2,1-2H3,(H,21,22,23). The summed E-state index contributed by atoms with van der Waals surface area (Å²) in [4.78, 5) is 23.2. The molecule has 0 amide bonds. The smallest absolute Gasteiger partial charge is 0.311 e. The highest BCUT2D eigenvalue weighted by atomic mass is 32.2. The van der Waals surface area contributed by atoms with Crippen molar-refractivity contribution in [2.45, 2.75) is 69.8 Å². The van der Waals surface area contributed by atoms with Crippen LogP contribution in [0, 0.1) is 0 Å². The molecule has 8 heteroatoms. The molecule has 0 aliphatic heterocycles. The van der Waals surface area contributed by atoms with Gasteiger partial charge in [0, 0.05) is 12.8 Å². The summed E-state index contributed by atoms with van der Waals surface area (Å²) in [6.07, 6.45) is 3.52. The van der Waals surface area contributed by atoms with Gasteiger partial charge in [-0.05, 0) is 31.4 Å². The number of ether oxygens (including phenoxy) is 2. The van der Waals surface area contributed by atoms with Crippen molar-refractivity contribution in [2.75, 3.05) is 0 Å². The molecule has 0 radical (unpaired) electrons. The quantitative estimate of drug-likeness (QED) is 0.268. The van der Waals surface area contributed by atoms with E-state index < -0.39 is 27.1 Å². The van der Waals surface area contributed by atoms with Gasteiger partial charge in [-0.1, -0.05) is 38.8 Å². The molecule has 1 aromatic carbocycles. The molecule has 26 heavy (non-hydrogen) atoms. The van der Waals surface area contributed by atoms with E-state index in [4.69, 9.17) is 14.0 Å². The van der Waals surface area contributed by atoms with Crippen LogP contribution in [0.5, 0.6) is 5.75 Å². The van der Waals surface area contributed by atoms with Crippen LogP contribution in [-0.2, 0) is 24.4 Å². The zero-order valence-electron chi connectivity index (χ0n) is 15.1. The number of para-hydroxylation sites is 1. The largest absolute Gasteiger partial charge is 0.462 e. The van der Waals surface area contributed by atoms with E-state index >= 15 is 0 Å². The first-order chi connectivity index (χ1) is 12.3. The molecule has 146 valence electrons. The molecule has 7 nitrogen and oxygen atoms in total. The molecule has 0 fully saturated rings. The number of hydrogen-bond acceptors (Lipinski definition) is 6. The van der Waals surface area contributed by atoms with E-state index in [-0.39, 0.29) is 24.6 Å². The van der Waals surface area contributed by atoms with Gasteiger partial charge >= 0.3 is 11.9 Å². The van der Waals surface area contributed by atoms with Crippen LogP contribution in [0.4, 0.5) is 0 Å². The van der Waals surface area contributed by atoms with Crippen LogP contribution in [0.1, 0.15) is 58.8 Å². The Bertz CT molecular complexity index is 697. The number of rotatable bonds is 11. The summed E-state index contributed by atoms with van der Waals surface area (Å²) >= 11 is 0. The molecule has 0 aliphatic carbocycles. The van der Waals surface area contributed by atoms with Crippen molar-refractivity contribution in [2.24, 2.45) is 0 Å². The highest BCUT2D eigenvalue weighted by molar-refractivity contribution is 7.86. The second-order valence-corrected chi connectivity index (χ2v) is 7.30. The predicted octanol–water partition coefficient (Wildman–Crippen LogP) is 3.52. The van der Waals surface area contributed by atoms with Crippen LogP contribution >= 0.6 is 0 Å². The van der Waals surface area contributed by atoms with Gasteiger partial charge in [-0.3, -0.25) is 14.1 Å². The summed E-state index contributed by atoms with van der Waals surface area (Å²) in [5, 5.41) is 0. The van der Waals surface area contributed by atoms with Crippen LogP contribution in [-0.4, -0.2) is 31.0 Å². The molecular weight excluding hydrogens is 360 g/mol. The molecule has 1 unspecified atom stereocenters. The maximum absolute atomic E-state index is 12.0. The molecule has 0 bridgehead atoms. The lowest BCUT2D eigenvalue weighted by Crippen LogP contribution is -2.20. The molecule has 1 aromatic rings. The monoisotopic (exact) mass is 386 g/mol. The zero-order valence-corrected chi connectivity index (χ0v) is 16.0. The summed E-state index contributed by atoms with van der Waals surface area (Å²) in [5.74, 6) is -1.18. The second kappa shape index (κ2) is 10.9. The number of benzene rings is 1. The molecule has 1 rings (SSSR count). The van der Waals surface area contributed by atoms with Gasteiger partial charge in [0.05, 0.1) is 0 Å². The summed E-state index contributed by atoms with van der Waals surface area (Å²) in [5.41, 5.74) is 0. The van der Waals surface area contributed by atoms with Gasteiger partial charge in [0.25, 0.3) is 10.1 Å². The maximum Gasteiger partial charge on any atom is 0.311 e. The maximum atomic E-state index is 12.0. The number of hydrogen-bond donors (Lipinski definition) is 1. The van der Waals surface area contributed by atoms with Gasteiger partial charge in [-0.25, -0.2) is 0 Å². The van der Waals surface area contributed by atoms with Crippen molar-refractivity contribution in [3.05, 3.63) is 24.3 Å². The van der Waals surface area contributed by atoms with E-state index in [0.717, 1.165) is 25.3 Å². The third-order valence-electron chi connectivity index (χ3n) is 3.76. The Labute approximate surface area is 154 Å². The lowest BCUT2D eigenvalue weighted by molar-refractivity contribution is -0.151. The van der Waals surface area contributed by atoms with E-state index in [9.17, 15) is 18.0 Å². The molecule has 1 N–H and O–H groups in total. The third-order valence-corrected chi connectivity index (χ3v) is 4.65. The normalized spacial score (nSPS) is 12.4. The minimum absolute atomic E-state index is 0.0411. The number of carbonyl (C=O) groups excluding carboxylic acids is 2. The topological polar surface area (TPSA) is 107 Å². The highest BCUT2D eigenvalue weighted by Crippen LogP contribution is 2.23. The lowest BCUT2D eigenvalue weighted by atomic mass is 10.1. The summed E-state index contributed by atoms with van der Waals surface area (Å²) in [7, 11) is -4.49. The van der Waals surface area contributed by atoms with Crippen LogP contribution in [0.15, 0.2) is 29.2 Å². The number of unbranched alkanes of at least 4 members (excludes halogenated alkanes) is 2. The first-order valence-corrected chi connectivity index (χ1v) is 10.2. The SMILES string of the molecule is CCCCCC(=O)OC(CC)CCC(=O)Oc1ccccc1S(=O)(=O)O. The Morgan fingerprint density at radius 1 is 1.08 bits per heavy atom. The van der Waals surface area contributed by atoms with Crippen LogP contribution < -0.4 is 4.74 Å². The first kappa shape index (κ1) is 22.1. The minimum atomic E-state index is -4.49. The molecule has 0 heterocycles. The molecule has 0 aromatic heterocycles. The van der Waals surface area contributed by atoms with Gasteiger partial charge in [0.2, 0.25) is 0 Å². The molecule has 0 saturated carbocycles. The summed E-state index contributed by atoms with van der Waals surface area (Å²) in [6.45, 7) is 3.90. The van der Waals surface area contributed by atoms with Gasteiger partial charge in [0.15, 0.2) is 5.75 Å². The van der Waals surface area contributed by atoms with E-state index in [1.165, 1.54) is 18.2 Å². The van der Waals surface area contributed by atoms with Crippen molar-refractivity contribution < 1.29 is 32.0 Å². The summed E-state index contributed by atoms with van der Waals surface area (Å²) in [6, 6.07) is 5.33. The van der Waals surface area contributed by atoms with Gasteiger partial charge in [-0.15, -0.1) is 0 Å². The Balaban J connectivity index is 2.54. The molecular formula is C18H26O7S. The Hall–Kier alpha value is -1.93. The van der Waals surface area contributed by atoms with Gasteiger partial charge in [-0.2, -0.15) is 8.42 Å². The van der Waals surface area contributed by atoms with E-state index in [1.807, 2.05) is 13.8 Å². The fraction of sp³-hybridized carbons (Fsp3) is 0.556. The first-order valence-electron chi connectivity index (χ1n) is 8.74. The zero-order chi connectivity index (χ0) is 19.6. The number of carbonyl (C=O) groups is 2. The van der Waals surface area contributed by atoms with Gasteiger partial charge in [0.1, 0.15) is 11.0 Å². The van der Waals surface area contributed by atoms with E-state index in [0.29, 0.717) is 12.8 Å². The third kappa shape index (κ3) is 7.97. The molecule has 0 saturated heterocycles. The van der Waals surface area contributed by atoms with Gasteiger partial charge < -0.3 is 9.47 Å². The van der Waals surface area contributed by atoms with Crippen LogP contribution in [0.25, 0.3) is 0 Å². The van der Waals surface area contributed by atoms with Crippen molar-refractivity contribution >= 4 is 22.1 Å². The Kier molecular flexibility index (Phi) is 9.29. The average Bonchev–Trinajstić information content (AvgIpc) is 2.58. The fourth-order valence-corrected chi connectivity index (χ4v) is 2.93. The van der Waals surface area contributed by atoms with E-state index in [1.54, 1.807) is 0 Å². The second-order valence-electron chi connectivity index (χ2n) is 5.91. The van der Waals surface area contributed by atoms with E-state index in [2.05, 4.69) is 0 Å². The van der Waals surface area contributed by atoms with Crippen molar-refractivity contribution in [1.82, 2.24) is 0 Å². The fourth-order valence-electron chi connectivity index (χ4n) is 2.31. The van der Waals surface area contributed by atoms with Crippen molar-refractivity contribution in [1.29, 1.82) is 0 Å². The van der Waals surface area contributed by atoms with Crippen molar-refractivity contribution in [3.63, 3.8) is 0 Å². The average molecular weight is 386 g/mol. The Morgan fingerprint density at radius 3 is 2.38 bits per heavy atom. The molecule has 1 atom stereocenters. The van der Waals surface area contributed by atoms with Crippen LogP contribution in [0.3, 0.4) is 0 Å². The summed E-state index contributed by atoms with van der Waals surface area (Å²) < 4.78 is 42.1. The highest BCUT2D eigenvalue weighted by Gasteiger charge is 2.20. The molecule has 0 aliphatic rings. The minimum Gasteiger partial charge on any atom is -0.462 e. The van der Waals surface area contributed by atoms with Crippen LogP contribution in [0.2, 0.25) is 0 Å². The number of esters is 2. The van der Waals surface area contributed by atoms with Crippen molar-refractivity contribution in [3.8, 4) is 5.75 Å². The molecule has 0 spiro atoms. The lowest BCUT2D eigenvalue weighted by Gasteiger charge is -2.16. The Morgan fingerprint density at radius 2 is 1.77 bits per heavy atom. The predicted molar refractivity (Wildman–Crippen MR) is 95.4 cm³/mol.